The topological polar surface area (TPSA) is 0 Å². The molecule has 92 valence electrons. The molecule has 0 saturated carbocycles. The highest BCUT2D eigenvalue weighted by Crippen LogP contribution is 2.11. The molecule has 0 fully saturated rings. The molecule has 0 unspecified atom stereocenters. The van der Waals surface area contributed by atoms with Crippen LogP contribution in [0.1, 0.15) is 26.3 Å². The summed E-state index contributed by atoms with van der Waals surface area (Å²) >= 11 is 5.71. The predicted octanol–water partition coefficient (Wildman–Crippen LogP) is 5.73. The van der Waals surface area contributed by atoms with E-state index in [9.17, 15) is 0 Å². The summed E-state index contributed by atoms with van der Waals surface area (Å²) in [6.07, 6.45) is 6.03. The SMILES string of the molecule is C=C/C(C)=C\C(C)=C/C.Cc1ccccc1Cl. The first-order valence-electron chi connectivity index (χ1n) is 5.66. The number of benzene rings is 1. The second-order valence-corrected chi connectivity index (χ2v) is 4.28. The van der Waals surface area contributed by atoms with Crippen LogP contribution in [-0.2, 0) is 0 Å². The summed E-state index contributed by atoms with van der Waals surface area (Å²) < 4.78 is 0. The highest BCUT2D eigenvalue weighted by Gasteiger charge is 1.86. The largest absolute Gasteiger partial charge is 0.0988 e. The normalized spacial score (nSPS) is 11.6. The van der Waals surface area contributed by atoms with Gasteiger partial charge in [-0.25, -0.2) is 0 Å². The number of allylic oxidation sites excluding steroid dienone is 5. The maximum atomic E-state index is 5.71. The Morgan fingerprint density at radius 2 is 1.76 bits per heavy atom. The minimum Gasteiger partial charge on any atom is -0.0988 e. The van der Waals surface area contributed by atoms with Crippen LogP contribution >= 0.6 is 11.6 Å². The van der Waals surface area contributed by atoms with Crippen LogP contribution in [0.3, 0.4) is 0 Å². The average Bonchev–Trinajstić information content (AvgIpc) is 2.33. The summed E-state index contributed by atoms with van der Waals surface area (Å²) in [6.45, 7) is 11.8. The van der Waals surface area contributed by atoms with Crippen molar-refractivity contribution in [2.24, 2.45) is 0 Å². The van der Waals surface area contributed by atoms with Crippen LogP contribution in [0.2, 0.25) is 5.02 Å². The number of hydrogen-bond acceptors (Lipinski definition) is 0. The molecule has 0 radical (unpaired) electrons. The Morgan fingerprint density at radius 3 is 2.12 bits per heavy atom. The molecule has 0 amide bonds. The average molecular weight is 249 g/mol. The molecule has 1 rings (SSSR count). The lowest BCUT2D eigenvalue weighted by Crippen LogP contribution is -1.69. The van der Waals surface area contributed by atoms with Gasteiger partial charge in [-0.2, -0.15) is 0 Å². The highest BCUT2D eigenvalue weighted by atomic mass is 35.5. The number of aryl methyl sites for hydroxylation is 1. The van der Waals surface area contributed by atoms with Gasteiger partial charge in [-0.15, -0.1) is 0 Å². The monoisotopic (exact) mass is 248 g/mol. The van der Waals surface area contributed by atoms with E-state index in [4.69, 9.17) is 11.6 Å². The maximum absolute atomic E-state index is 5.71. The maximum Gasteiger partial charge on any atom is 0.0435 e. The first-order valence-corrected chi connectivity index (χ1v) is 6.03. The van der Waals surface area contributed by atoms with E-state index in [1.54, 1.807) is 0 Å². The first-order chi connectivity index (χ1) is 8.01. The summed E-state index contributed by atoms with van der Waals surface area (Å²) in [6, 6.07) is 7.77. The van der Waals surface area contributed by atoms with E-state index in [2.05, 4.69) is 25.7 Å². The van der Waals surface area contributed by atoms with E-state index in [0.717, 1.165) is 10.6 Å². The van der Waals surface area contributed by atoms with Gasteiger partial charge in [-0.05, 0) is 39.3 Å². The zero-order chi connectivity index (χ0) is 13.3. The predicted molar refractivity (Wildman–Crippen MR) is 79.6 cm³/mol. The third kappa shape index (κ3) is 7.59. The van der Waals surface area contributed by atoms with Crippen molar-refractivity contribution in [1.82, 2.24) is 0 Å². The molecule has 0 spiro atoms. The Hall–Kier alpha value is -1.27. The molecule has 0 nitrogen and oxygen atoms in total. The van der Waals surface area contributed by atoms with Crippen molar-refractivity contribution in [2.45, 2.75) is 27.7 Å². The molecule has 0 aromatic heterocycles. The number of rotatable bonds is 2. The zero-order valence-electron chi connectivity index (χ0n) is 11.1. The van der Waals surface area contributed by atoms with Gasteiger partial charge in [0.2, 0.25) is 0 Å². The van der Waals surface area contributed by atoms with Gasteiger partial charge in [0.05, 0.1) is 0 Å². The number of halogens is 1. The van der Waals surface area contributed by atoms with E-state index < -0.39 is 0 Å². The van der Waals surface area contributed by atoms with Gasteiger partial charge in [0.25, 0.3) is 0 Å². The van der Waals surface area contributed by atoms with E-state index in [-0.39, 0.29) is 0 Å². The summed E-state index contributed by atoms with van der Waals surface area (Å²) in [5, 5.41) is 0.840. The fraction of sp³-hybridized carbons (Fsp3) is 0.250. The first kappa shape index (κ1) is 15.7. The summed E-state index contributed by atoms with van der Waals surface area (Å²) in [5.41, 5.74) is 3.63. The van der Waals surface area contributed by atoms with Crippen molar-refractivity contribution in [3.05, 3.63) is 70.8 Å². The van der Waals surface area contributed by atoms with Crippen LogP contribution in [0, 0.1) is 6.92 Å². The van der Waals surface area contributed by atoms with Gasteiger partial charge in [0.1, 0.15) is 0 Å². The van der Waals surface area contributed by atoms with Gasteiger partial charge in [0.15, 0.2) is 0 Å². The lowest BCUT2D eigenvalue weighted by atomic mass is 10.2. The van der Waals surface area contributed by atoms with Gasteiger partial charge in [-0.1, -0.05) is 65.8 Å². The second-order valence-electron chi connectivity index (χ2n) is 3.87. The zero-order valence-corrected chi connectivity index (χ0v) is 11.9. The lowest BCUT2D eigenvalue weighted by molar-refractivity contribution is 1.42. The Morgan fingerprint density at radius 1 is 1.18 bits per heavy atom. The van der Waals surface area contributed by atoms with E-state index in [1.807, 2.05) is 51.1 Å². The van der Waals surface area contributed by atoms with Gasteiger partial charge in [-0.3, -0.25) is 0 Å². The Balaban J connectivity index is 0.000000302. The number of hydrogen-bond donors (Lipinski definition) is 0. The van der Waals surface area contributed by atoms with Crippen molar-refractivity contribution in [1.29, 1.82) is 0 Å². The smallest absolute Gasteiger partial charge is 0.0435 e. The minimum atomic E-state index is 0.840. The van der Waals surface area contributed by atoms with Gasteiger partial charge >= 0.3 is 0 Å². The molecular formula is C16H21Cl. The van der Waals surface area contributed by atoms with Crippen LogP contribution < -0.4 is 0 Å². The molecule has 0 bridgehead atoms. The minimum absolute atomic E-state index is 0.840. The molecule has 17 heavy (non-hydrogen) atoms. The molecule has 0 aliphatic rings. The van der Waals surface area contributed by atoms with Gasteiger partial charge in [0, 0.05) is 5.02 Å². The van der Waals surface area contributed by atoms with Crippen LogP contribution in [0.15, 0.2) is 60.2 Å². The van der Waals surface area contributed by atoms with Crippen LogP contribution in [0.4, 0.5) is 0 Å². The van der Waals surface area contributed by atoms with E-state index >= 15 is 0 Å². The van der Waals surface area contributed by atoms with E-state index in [1.165, 1.54) is 11.1 Å². The molecule has 0 saturated heterocycles. The Kier molecular flexibility index (Phi) is 8.17. The second kappa shape index (κ2) is 8.83. The van der Waals surface area contributed by atoms with Crippen LogP contribution in [0.5, 0.6) is 0 Å². The Bertz CT molecular complexity index is 390. The van der Waals surface area contributed by atoms with E-state index in [0.29, 0.717) is 0 Å². The van der Waals surface area contributed by atoms with Crippen molar-refractivity contribution < 1.29 is 0 Å². The van der Waals surface area contributed by atoms with Crippen molar-refractivity contribution >= 4 is 11.6 Å². The molecule has 0 aliphatic heterocycles. The molecule has 0 atom stereocenters. The van der Waals surface area contributed by atoms with Crippen molar-refractivity contribution in [3.63, 3.8) is 0 Å². The summed E-state index contributed by atoms with van der Waals surface area (Å²) in [5.74, 6) is 0. The Labute approximate surface area is 110 Å². The van der Waals surface area contributed by atoms with Gasteiger partial charge < -0.3 is 0 Å². The molecule has 0 aliphatic carbocycles. The molecule has 1 aromatic rings. The van der Waals surface area contributed by atoms with Crippen LogP contribution in [-0.4, -0.2) is 0 Å². The summed E-state index contributed by atoms with van der Waals surface area (Å²) in [4.78, 5) is 0. The standard InChI is InChI=1S/C9H14.C7H7Cl/c1-5-8(3)7-9(4)6-2;1-6-4-2-3-5-7(6)8/h5-7H,1H2,2-4H3;2-5H,1H3/b8-7-,9-6-;. The molecule has 0 heterocycles. The van der Waals surface area contributed by atoms with Crippen molar-refractivity contribution in [3.8, 4) is 0 Å². The lowest BCUT2D eigenvalue weighted by Gasteiger charge is -1.90. The third-order valence-corrected chi connectivity index (χ3v) is 2.73. The summed E-state index contributed by atoms with van der Waals surface area (Å²) in [7, 11) is 0. The highest BCUT2D eigenvalue weighted by molar-refractivity contribution is 6.31. The van der Waals surface area contributed by atoms with Crippen molar-refractivity contribution in [2.75, 3.05) is 0 Å². The molecule has 0 N–H and O–H groups in total. The molecule has 1 aromatic carbocycles. The fourth-order valence-electron chi connectivity index (χ4n) is 1.05. The molecular weight excluding hydrogens is 228 g/mol. The fourth-order valence-corrected chi connectivity index (χ4v) is 1.19. The third-order valence-electron chi connectivity index (χ3n) is 2.31. The molecule has 1 heteroatoms. The quantitative estimate of drug-likeness (QED) is 0.586. The van der Waals surface area contributed by atoms with Crippen LogP contribution in [0.25, 0.3) is 0 Å².